The Balaban J connectivity index is 1.97. The maximum absolute atomic E-state index is 5.68. The molecule has 0 atom stereocenters. The average Bonchev–Trinajstić information content (AvgIpc) is 2.40. The zero-order valence-corrected chi connectivity index (χ0v) is 9.81. The van der Waals surface area contributed by atoms with Crippen LogP contribution in [0.1, 0.15) is 18.1 Å². The fourth-order valence-electron chi connectivity index (χ4n) is 1.52. The molecule has 0 N–H and O–H groups in total. The van der Waals surface area contributed by atoms with Gasteiger partial charge in [0.1, 0.15) is 12.4 Å². The van der Waals surface area contributed by atoms with Crippen molar-refractivity contribution in [1.82, 2.24) is 0 Å². The van der Waals surface area contributed by atoms with Gasteiger partial charge in [-0.05, 0) is 36.8 Å². The van der Waals surface area contributed by atoms with Crippen molar-refractivity contribution in [3.8, 4) is 17.6 Å². The van der Waals surface area contributed by atoms with Crippen molar-refractivity contribution in [2.45, 2.75) is 13.5 Å². The van der Waals surface area contributed by atoms with Crippen LogP contribution in [0.2, 0.25) is 0 Å². The Morgan fingerprint density at radius 1 is 0.941 bits per heavy atom. The third kappa shape index (κ3) is 3.39. The van der Waals surface area contributed by atoms with Crippen LogP contribution in [-0.2, 0) is 6.61 Å². The SMILES string of the molecule is CC#Cc1ccc(OCc2ccccc2)cc1. The number of benzene rings is 2. The predicted molar refractivity (Wildman–Crippen MR) is 69.8 cm³/mol. The molecule has 0 radical (unpaired) electrons. The van der Waals surface area contributed by atoms with E-state index in [1.54, 1.807) is 0 Å². The highest BCUT2D eigenvalue weighted by molar-refractivity contribution is 5.37. The second-order valence-corrected chi connectivity index (χ2v) is 3.67. The maximum atomic E-state index is 5.68. The van der Waals surface area contributed by atoms with Gasteiger partial charge in [-0.25, -0.2) is 0 Å². The highest BCUT2D eigenvalue weighted by atomic mass is 16.5. The summed E-state index contributed by atoms with van der Waals surface area (Å²) in [6.45, 7) is 2.43. The van der Waals surface area contributed by atoms with E-state index in [9.17, 15) is 0 Å². The molecular weight excluding hydrogens is 208 g/mol. The van der Waals surface area contributed by atoms with E-state index >= 15 is 0 Å². The van der Waals surface area contributed by atoms with Crippen molar-refractivity contribution in [3.05, 3.63) is 65.7 Å². The molecule has 1 nitrogen and oxygen atoms in total. The first-order chi connectivity index (χ1) is 8.38. The standard InChI is InChI=1S/C16H14O/c1-2-6-14-9-11-16(12-10-14)17-13-15-7-4-3-5-8-15/h3-5,7-12H,13H2,1H3. The van der Waals surface area contributed by atoms with E-state index in [1.165, 1.54) is 5.56 Å². The first-order valence-corrected chi connectivity index (χ1v) is 5.58. The zero-order valence-electron chi connectivity index (χ0n) is 9.81. The lowest BCUT2D eigenvalue weighted by molar-refractivity contribution is 0.306. The van der Waals surface area contributed by atoms with Crippen molar-refractivity contribution in [3.63, 3.8) is 0 Å². The molecule has 2 aromatic carbocycles. The minimum Gasteiger partial charge on any atom is -0.489 e. The lowest BCUT2D eigenvalue weighted by Crippen LogP contribution is -1.94. The summed E-state index contributed by atoms with van der Waals surface area (Å²) >= 11 is 0. The molecule has 0 heterocycles. The maximum Gasteiger partial charge on any atom is 0.119 e. The number of hydrogen-bond donors (Lipinski definition) is 0. The van der Waals surface area contributed by atoms with E-state index < -0.39 is 0 Å². The minimum atomic E-state index is 0.597. The van der Waals surface area contributed by atoms with Gasteiger partial charge >= 0.3 is 0 Å². The van der Waals surface area contributed by atoms with E-state index in [0.717, 1.165) is 11.3 Å². The van der Waals surface area contributed by atoms with Crippen LogP contribution in [0.3, 0.4) is 0 Å². The summed E-state index contributed by atoms with van der Waals surface area (Å²) in [5.74, 6) is 6.74. The molecule has 1 heteroatoms. The lowest BCUT2D eigenvalue weighted by atomic mass is 10.2. The van der Waals surface area contributed by atoms with E-state index in [4.69, 9.17) is 4.74 Å². The van der Waals surface area contributed by atoms with E-state index in [-0.39, 0.29) is 0 Å². The van der Waals surface area contributed by atoms with Gasteiger partial charge in [0.15, 0.2) is 0 Å². The molecular formula is C16H14O. The number of hydrogen-bond acceptors (Lipinski definition) is 1. The van der Waals surface area contributed by atoms with Gasteiger partial charge in [-0.1, -0.05) is 36.3 Å². The second-order valence-electron chi connectivity index (χ2n) is 3.67. The highest BCUT2D eigenvalue weighted by Crippen LogP contribution is 2.13. The lowest BCUT2D eigenvalue weighted by Gasteiger charge is -2.05. The normalized spacial score (nSPS) is 9.24. The van der Waals surface area contributed by atoms with E-state index in [2.05, 4.69) is 24.0 Å². The summed E-state index contributed by atoms with van der Waals surface area (Å²) in [5.41, 5.74) is 2.18. The molecule has 0 saturated heterocycles. The molecule has 0 aliphatic rings. The second kappa shape index (κ2) is 5.77. The summed E-state index contributed by atoms with van der Waals surface area (Å²) in [6.07, 6.45) is 0. The van der Waals surface area contributed by atoms with E-state index in [1.807, 2.05) is 49.4 Å². The van der Waals surface area contributed by atoms with Gasteiger partial charge in [-0.3, -0.25) is 0 Å². The van der Waals surface area contributed by atoms with Crippen LogP contribution >= 0.6 is 0 Å². The number of rotatable bonds is 3. The zero-order chi connectivity index (χ0) is 11.9. The van der Waals surface area contributed by atoms with Gasteiger partial charge in [0.25, 0.3) is 0 Å². The molecule has 2 aromatic rings. The minimum absolute atomic E-state index is 0.597. The molecule has 84 valence electrons. The molecule has 2 rings (SSSR count). The van der Waals surface area contributed by atoms with Crippen LogP contribution < -0.4 is 4.74 Å². The van der Waals surface area contributed by atoms with Gasteiger partial charge < -0.3 is 4.74 Å². The summed E-state index contributed by atoms with van der Waals surface area (Å²) in [5, 5.41) is 0. The van der Waals surface area contributed by atoms with Crippen LogP contribution in [0, 0.1) is 11.8 Å². The molecule has 0 bridgehead atoms. The van der Waals surface area contributed by atoms with E-state index in [0.29, 0.717) is 6.61 Å². The van der Waals surface area contributed by atoms with Crippen LogP contribution in [0.15, 0.2) is 54.6 Å². The fourth-order valence-corrected chi connectivity index (χ4v) is 1.52. The molecule has 0 aliphatic heterocycles. The molecule has 0 spiro atoms. The average molecular weight is 222 g/mol. The Kier molecular flexibility index (Phi) is 3.83. The van der Waals surface area contributed by atoms with Gasteiger partial charge in [-0.2, -0.15) is 0 Å². The van der Waals surface area contributed by atoms with Gasteiger partial charge in [-0.15, -0.1) is 5.92 Å². The predicted octanol–water partition coefficient (Wildman–Crippen LogP) is 3.64. The molecule has 0 fully saturated rings. The third-order valence-electron chi connectivity index (χ3n) is 2.37. The monoisotopic (exact) mass is 222 g/mol. The summed E-state index contributed by atoms with van der Waals surface area (Å²) < 4.78 is 5.68. The Morgan fingerprint density at radius 3 is 2.29 bits per heavy atom. The summed E-state index contributed by atoms with van der Waals surface area (Å²) in [4.78, 5) is 0. The number of ether oxygens (including phenoxy) is 1. The van der Waals surface area contributed by atoms with Crippen molar-refractivity contribution in [1.29, 1.82) is 0 Å². The van der Waals surface area contributed by atoms with Crippen LogP contribution in [-0.4, -0.2) is 0 Å². The Labute approximate surface area is 102 Å². The molecule has 0 amide bonds. The van der Waals surface area contributed by atoms with Crippen LogP contribution in [0.5, 0.6) is 5.75 Å². The Hall–Kier alpha value is -2.20. The Bertz CT molecular complexity index is 515. The van der Waals surface area contributed by atoms with Crippen LogP contribution in [0.4, 0.5) is 0 Å². The van der Waals surface area contributed by atoms with Crippen LogP contribution in [0.25, 0.3) is 0 Å². The smallest absolute Gasteiger partial charge is 0.119 e. The summed E-state index contributed by atoms with van der Waals surface area (Å²) in [7, 11) is 0. The largest absolute Gasteiger partial charge is 0.489 e. The molecule has 0 saturated carbocycles. The van der Waals surface area contributed by atoms with Crippen molar-refractivity contribution < 1.29 is 4.74 Å². The third-order valence-corrected chi connectivity index (χ3v) is 2.37. The van der Waals surface area contributed by atoms with Gasteiger partial charge in [0, 0.05) is 5.56 Å². The first kappa shape index (κ1) is 11.3. The summed E-state index contributed by atoms with van der Waals surface area (Å²) in [6, 6.07) is 18.0. The molecule has 0 unspecified atom stereocenters. The molecule has 0 aliphatic carbocycles. The van der Waals surface area contributed by atoms with Gasteiger partial charge in [0.2, 0.25) is 0 Å². The quantitative estimate of drug-likeness (QED) is 0.720. The molecule has 0 aromatic heterocycles. The van der Waals surface area contributed by atoms with Crippen molar-refractivity contribution >= 4 is 0 Å². The fraction of sp³-hybridized carbons (Fsp3) is 0.125. The van der Waals surface area contributed by atoms with Crippen molar-refractivity contribution in [2.75, 3.05) is 0 Å². The highest BCUT2D eigenvalue weighted by Gasteiger charge is 1.95. The first-order valence-electron chi connectivity index (χ1n) is 5.58. The molecule has 17 heavy (non-hydrogen) atoms. The van der Waals surface area contributed by atoms with Gasteiger partial charge in [0.05, 0.1) is 0 Å². The van der Waals surface area contributed by atoms with Crippen molar-refractivity contribution in [2.24, 2.45) is 0 Å². The Morgan fingerprint density at radius 2 is 1.65 bits per heavy atom. The topological polar surface area (TPSA) is 9.23 Å².